The minimum absolute atomic E-state index is 0.0798. The van der Waals surface area contributed by atoms with E-state index in [0.29, 0.717) is 6.10 Å². The molecular formula is C17H27NO. The highest BCUT2D eigenvalue weighted by Crippen LogP contribution is 2.34. The van der Waals surface area contributed by atoms with Gasteiger partial charge in [-0.05, 0) is 43.6 Å². The molecule has 2 rings (SSSR count). The Balaban J connectivity index is 2.07. The largest absolute Gasteiger partial charge is 0.490 e. The Bertz CT molecular complexity index is 404. The van der Waals surface area contributed by atoms with Gasteiger partial charge in [-0.1, -0.05) is 39.0 Å². The zero-order valence-electron chi connectivity index (χ0n) is 12.4. The van der Waals surface area contributed by atoms with Gasteiger partial charge < -0.3 is 10.5 Å². The molecule has 19 heavy (non-hydrogen) atoms. The van der Waals surface area contributed by atoms with E-state index in [9.17, 15) is 0 Å². The summed E-state index contributed by atoms with van der Waals surface area (Å²) in [6, 6.07) is 8.32. The van der Waals surface area contributed by atoms with E-state index in [4.69, 9.17) is 10.5 Å². The van der Waals surface area contributed by atoms with Crippen LogP contribution in [0.5, 0.6) is 5.75 Å². The molecule has 2 N–H and O–H groups in total. The maximum absolute atomic E-state index is 6.25. The quantitative estimate of drug-likeness (QED) is 0.877. The van der Waals surface area contributed by atoms with Crippen LogP contribution < -0.4 is 10.5 Å². The standard InChI is InChI=1S/C17H27NO/c1-4-16(18)15-7-5-6-8-17(15)19-14-10-9-12(2)13(3)11-14/h5-8,12-14,16H,4,9-11,18H2,1-3H3. The van der Waals surface area contributed by atoms with Crippen molar-refractivity contribution < 1.29 is 4.74 Å². The van der Waals surface area contributed by atoms with Crippen LogP contribution in [0.3, 0.4) is 0 Å². The molecule has 0 amide bonds. The average molecular weight is 261 g/mol. The smallest absolute Gasteiger partial charge is 0.124 e. The molecule has 0 aromatic heterocycles. The lowest BCUT2D eigenvalue weighted by atomic mass is 9.80. The molecule has 1 aromatic carbocycles. The molecule has 0 heterocycles. The van der Waals surface area contributed by atoms with Gasteiger partial charge in [-0.15, -0.1) is 0 Å². The van der Waals surface area contributed by atoms with Crippen molar-refractivity contribution in [2.24, 2.45) is 17.6 Å². The molecule has 1 fully saturated rings. The monoisotopic (exact) mass is 261 g/mol. The predicted molar refractivity (Wildman–Crippen MR) is 80.3 cm³/mol. The van der Waals surface area contributed by atoms with Gasteiger partial charge in [0.1, 0.15) is 5.75 Å². The number of hydrogen-bond donors (Lipinski definition) is 1. The van der Waals surface area contributed by atoms with Gasteiger partial charge >= 0.3 is 0 Å². The van der Waals surface area contributed by atoms with Crippen LogP contribution >= 0.6 is 0 Å². The van der Waals surface area contributed by atoms with Gasteiger partial charge in [0.25, 0.3) is 0 Å². The molecule has 1 aromatic rings. The lowest BCUT2D eigenvalue weighted by molar-refractivity contribution is 0.0993. The summed E-state index contributed by atoms with van der Waals surface area (Å²) < 4.78 is 6.25. The molecule has 1 aliphatic rings. The van der Waals surface area contributed by atoms with Gasteiger partial charge in [-0.2, -0.15) is 0 Å². The van der Waals surface area contributed by atoms with Crippen molar-refractivity contribution in [2.45, 2.75) is 58.6 Å². The SMILES string of the molecule is CCC(N)c1ccccc1OC1CCC(C)C(C)C1. The lowest BCUT2D eigenvalue weighted by Crippen LogP contribution is -2.29. The van der Waals surface area contributed by atoms with Crippen molar-refractivity contribution in [3.05, 3.63) is 29.8 Å². The minimum Gasteiger partial charge on any atom is -0.490 e. The second kappa shape index (κ2) is 6.42. The van der Waals surface area contributed by atoms with Gasteiger partial charge in [-0.25, -0.2) is 0 Å². The van der Waals surface area contributed by atoms with Crippen LogP contribution in [0.2, 0.25) is 0 Å². The first-order valence-electron chi connectivity index (χ1n) is 7.63. The molecule has 106 valence electrons. The van der Waals surface area contributed by atoms with Crippen molar-refractivity contribution in [3.8, 4) is 5.75 Å². The molecule has 1 saturated carbocycles. The summed E-state index contributed by atoms with van der Waals surface area (Å²) in [5, 5.41) is 0. The number of rotatable bonds is 4. The van der Waals surface area contributed by atoms with Crippen LogP contribution in [0.4, 0.5) is 0 Å². The number of ether oxygens (including phenoxy) is 1. The van der Waals surface area contributed by atoms with E-state index in [2.05, 4.69) is 32.9 Å². The molecule has 0 radical (unpaired) electrons. The number of para-hydroxylation sites is 1. The summed E-state index contributed by atoms with van der Waals surface area (Å²) >= 11 is 0. The van der Waals surface area contributed by atoms with E-state index >= 15 is 0 Å². The zero-order chi connectivity index (χ0) is 13.8. The Morgan fingerprint density at radius 2 is 1.95 bits per heavy atom. The Labute approximate surface area is 117 Å². The van der Waals surface area contributed by atoms with Crippen molar-refractivity contribution in [1.82, 2.24) is 0 Å². The van der Waals surface area contributed by atoms with E-state index in [0.717, 1.165) is 36.0 Å². The molecule has 4 unspecified atom stereocenters. The molecule has 2 nitrogen and oxygen atoms in total. The van der Waals surface area contributed by atoms with Crippen molar-refractivity contribution >= 4 is 0 Å². The van der Waals surface area contributed by atoms with Gasteiger partial charge in [0.15, 0.2) is 0 Å². The normalized spacial score (nSPS) is 28.9. The molecular weight excluding hydrogens is 234 g/mol. The van der Waals surface area contributed by atoms with E-state index in [1.54, 1.807) is 0 Å². The van der Waals surface area contributed by atoms with E-state index in [-0.39, 0.29) is 6.04 Å². The Kier molecular flexibility index (Phi) is 4.87. The molecule has 2 heteroatoms. The molecule has 4 atom stereocenters. The summed E-state index contributed by atoms with van der Waals surface area (Å²) in [6.45, 7) is 6.80. The highest BCUT2D eigenvalue weighted by molar-refractivity contribution is 5.35. The molecule has 0 saturated heterocycles. The molecule has 0 bridgehead atoms. The first-order chi connectivity index (χ1) is 9.11. The van der Waals surface area contributed by atoms with E-state index in [1.165, 1.54) is 12.8 Å². The van der Waals surface area contributed by atoms with Gasteiger partial charge in [0.05, 0.1) is 6.10 Å². The summed E-state index contributed by atoms with van der Waals surface area (Å²) in [6.07, 6.45) is 4.90. The van der Waals surface area contributed by atoms with Crippen LogP contribution in [0.1, 0.15) is 58.1 Å². The maximum atomic E-state index is 6.25. The zero-order valence-corrected chi connectivity index (χ0v) is 12.4. The van der Waals surface area contributed by atoms with Crippen molar-refractivity contribution in [3.63, 3.8) is 0 Å². The third kappa shape index (κ3) is 3.50. The summed E-state index contributed by atoms with van der Waals surface area (Å²) in [5.74, 6) is 2.57. The summed E-state index contributed by atoms with van der Waals surface area (Å²) in [7, 11) is 0. The molecule has 0 aliphatic heterocycles. The Hall–Kier alpha value is -1.02. The van der Waals surface area contributed by atoms with E-state index < -0.39 is 0 Å². The van der Waals surface area contributed by atoms with Crippen LogP contribution in [0.15, 0.2) is 24.3 Å². The number of hydrogen-bond acceptors (Lipinski definition) is 2. The van der Waals surface area contributed by atoms with Crippen LogP contribution in [-0.2, 0) is 0 Å². The highest BCUT2D eigenvalue weighted by atomic mass is 16.5. The van der Waals surface area contributed by atoms with E-state index in [1.807, 2.05) is 12.1 Å². The lowest BCUT2D eigenvalue weighted by Gasteiger charge is -2.33. The summed E-state index contributed by atoms with van der Waals surface area (Å²) in [5.41, 5.74) is 7.32. The van der Waals surface area contributed by atoms with Crippen LogP contribution in [0.25, 0.3) is 0 Å². The first-order valence-corrected chi connectivity index (χ1v) is 7.63. The van der Waals surface area contributed by atoms with Crippen molar-refractivity contribution in [2.75, 3.05) is 0 Å². The second-order valence-electron chi connectivity index (χ2n) is 6.06. The fourth-order valence-corrected chi connectivity index (χ4v) is 2.90. The highest BCUT2D eigenvalue weighted by Gasteiger charge is 2.26. The summed E-state index contributed by atoms with van der Waals surface area (Å²) in [4.78, 5) is 0. The molecule has 1 aliphatic carbocycles. The Morgan fingerprint density at radius 1 is 1.21 bits per heavy atom. The average Bonchev–Trinajstić information content (AvgIpc) is 2.43. The van der Waals surface area contributed by atoms with Gasteiger partial charge in [0, 0.05) is 11.6 Å². The van der Waals surface area contributed by atoms with Gasteiger partial charge in [-0.3, -0.25) is 0 Å². The first kappa shape index (κ1) is 14.4. The fraction of sp³-hybridized carbons (Fsp3) is 0.647. The maximum Gasteiger partial charge on any atom is 0.124 e. The molecule has 0 spiro atoms. The van der Waals surface area contributed by atoms with Crippen LogP contribution in [0, 0.1) is 11.8 Å². The second-order valence-corrected chi connectivity index (χ2v) is 6.06. The topological polar surface area (TPSA) is 35.2 Å². The third-order valence-electron chi connectivity index (χ3n) is 4.60. The van der Waals surface area contributed by atoms with Crippen LogP contribution in [-0.4, -0.2) is 6.10 Å². The number of benzene rings is 1. The third-order valence-corrected chi connectivity index (χ3v) is 4.60. The predicted octanol–water partition coefficient (Wildman–Crippen LogP) is 4.30. The van der Waals surface area contributed by atoms with Crippen molar-refractivity contribution in [1.29, 1.82) is 0 Å². The Morgan fingerprint density at radius 3 is 2.63 bits per heavy atom. The number of nitrogens with two attached hydrogens (primary N) is 1. The van der Waals surface area contributed by atoms with Gasteiger partial charge in [0.2, 0.25) is 0 Å². The fourth-order valence-electron chi connectivity index (χ4n) is 2.90. The minimum atomic E-state index is 0.0798.